The molecule has 1 heterocycles. The molecule has 0 aromatic heterocycles. The number of rotatable bonds is 2. The Morgan fingerprint density at radius 2 is 1.71 bits per heavy atom. The van der Waals surface area contributed by atoms with Crippen LogP contribution in [0.3, 0.4) is 0 Å². The minimum atomic E-state index is -0.467. The molecule has 2 rings (SSSR count). The smallest absolute Gasteiger partial charge is 0.150 e. The first kappa shape index (κ1) is 12.3. The first-order valence-electron chi connectivity index (χ1n) is 5.93. The van der Waals surface area contributed by atoms with E-state index in [1.165, 1.54) is 5.06 Å². The molecule has 1 unspecified atom stereocenters. The van der Waals surface area contributed by atoms with Gasteiger partial charge in [-0.3, -0.25) is 4.79 Å². The van der Waals surface area contributed by atoms with E-state index in [9.17, 15) is 10.0 Å². The second kappa shape index (κ2) is 3.93. The monoisotopic (exact) mass is 232 g/mol. The summed E-state index contributed by atoms with van der Waals surface area (Å²) in [6.07, 6.45) is 2.56. The predicted molar refractivity (Wildman–Crippen MR) is 65.0 cm³/mol. The summed E-state index contributed by atoms with van der Waals surface area (Å²) in [5, 5.41) is 13.6. The Morgan fingerprint density at radius 1 is 1.12 bits per heavy atom. The Morgan fingerprint density at radius 3 is 2.12 bits per heavy atom. The van der Waals surface area contributed by atoms with E-state index in [0.717, 1.165) is 24.7 Å². The van der Waals surface area contributed by atoms with E-state index in [0.29, 0.717) is 5.56 Å². The van der Waals surface area contributed by atoms with Crippen LogP contribution in [0.2, 0.25) is 0 Å². The van der Waals surface area contributed by atoms with E-state index in [2.05, 4.69) is 0 Å². The summed E-state index contributed by atoms with van der Waals surface area (Å²) in [4.78, 5) is 10.6. The zero-order valence-corrected chi connectivity index (χ0v) is 10.6. The molecule has 1 fully saturated rings. The molecule has 1 atom stereocenters. The summed E-state index contributed by atoms with van der Waals surface area (Å²) < 4.78 is 0. The van der Waals surface area contributed by atoms with E-state index in [4.69, 9.17) is 0 Å². The van der Waals surface area contributed by atoms with Crippen molar-refractivity contribution in [2.24, 2.45) is 0 Å². The van der Waals surface area contributed by atoms with E-state index >= 15 is 0 Å². The Labute approximate surface area is 102 Å². The molecule has 1 radical (unpaired) electrons. The molecule has 0 N–H and O–H groups in total. The summed E-state index contributed by atoms with van der Waals surface area (Å²) in [7, 11) is 0. The lowest BCUT2D eigenvalue weighted by atomic mass is 9.90. The fourth-order valence-corrected chi connectivity index (χ4v) is 2.60. The topological polar surface area (TPSA) is 40.2 Å². The Kier molecular flexibility index (Phi) is 2.84. The van der Waals surface area contributed by atoms with E-state index < -0.39 is 5.54 Å². The van der Waals surface area contributed by atoms with Crippen molar-refractivity contribution in [3.05, 3.63) is 35.4 Å². The van der Waals surface area contributed by atoms with Gasteiger partial charge in [-0.15, -0.1) is 10.3 Å². The number of hydroxylamine groups is 2. The van der Waals surface area contributed by atoms with Crippen molar-refractivity contribution >= 4 is 6.29 Å². The first-order valence-corrected chi connectivity index (χ1v) is 5.93. The maximum absolute atomic E-state index is 12.4. The van der Waals surface area contributed by atoms with Crippen LogP contribution in [0, 0.1) is 0 Å². The molecule has 91 valence electrons. The van der Waals surface area contributed by atoms with Crippen LogP contribution in [0.15, 0.2) is 24.3 Å². The first-order chi connectivity index (χ1) is 7.90. The van der Waals surface area contributed by atoms with Crippen LogP contribution in [-0.4, -0.2) is 16.9 Å². The molecule has 1 aromatic carbocycles. The van der Waals surface area contributed by atoms with Gasteiger partial charge in [-0.2, -0.15) is 0 Å². The van der Waals surface area contributed by atoms with Crippen LogP contribution in [0.1, 0.15) is 49.5 Å². The van der Waals surface area contributed by atoms with Gasteiger partial charge in [-0.1, -0.05) is 24.3 Å². The maximum Gasteiger partial charge on any atom is 0.150 e. The molecular formula is C14H18NO2. The van der Waals surface area contributed by atoms with E-state index in [-0.39, 0.29) is 5.54 Å². The van der Waals surface area contributed by atoms with Gasteiger partial charge in [0.15, 0.2) is 0 Å². The molecule has 0 amide bonds. The summed E-state index contributed by atoms with van der Waals surface area (Å²) in [6, 6.07) is 7.31. The average molecular weight is 232 g/mol. The normalized spacial score (nSPS) is 28.2. The molecule has 1 aliphatic heterocycles. The Hall–Kier alpha value is -1.19. The molecule has 0 aliphatic carbocycles. The van der Waals surface area contributed by atoms with Gasteiger partial charge in [0.05, 0.1) is 5.54 Å². The SMILES string of the molecule is CC1(C)CCC(C)(c2ccc(C=O)cc2)N1[O]. The van der Waals surface area contributed by atoms with Gasteiger partial charge in [0, 0.05) is 11.1 Å². The zero-order chi connectivity index (χ0) is 12.7. The van der Waals surface area contributed by atoms with Crippen molar-refractivity contribution in [1.82, 2.24) is 5.06 Å². The summed E-state index contributed by atoms with van der Waals surface area (Å²) in [5.74, 6) is 0. The number of hydrogen-bond acceptors (Lipinski definition) is 2. The lowest BCUT2D eigenvalue weighted by Gasteiger charge is -2.35. The lowest BCUT2D eigenvalue weighted by molar-refractivity contribution is -0.252. The third-order valence-electron chi connectivity index (χ3n) is 3.89. The van der Waals surface area contributed by atoms with Gasteiger partial charge in [0.1, 0.15) is 6.29 Å². The Bertz CT molecular complexity index is 424. The van der Waals surface area contributed by atoms with Gasteiger partial charge in [-0.05, 0) is 39.2 Å². The van der Waals surface area contributed by atoms with Gasteiger partial charge >= 0.3 is 0 Å². The highest BCUT2D eigenvalue weighted by atomic mass is 16.5. The highest BCUT2D eigenvalue weighted by molar-refractivity contribution is 5.74. The second-order valence-electron chi connectivity index (χ2n) is 5.62. The highest BCUT2D eigenvalue weighted by Gasteiger charge is 2.49. The zero-order valence-electron chi connectivity index (χ0n) is 10.6. The molecule has 17 heavy (non-hydrogen) atoms. The molecule has 0 saturated carbocycles. The maximum atomic E-state index is 12.4. The number of nitrogens with zero attached hydrogens (tertiary/aromatic N) is 1. The van der Waals surface area contributed by atoms with Gasteiger partial charge in [0.2, 0.25) is 0 Å². The van der Waals surface area contributed by atoms with Crippen molar-refractivity contribution in [1.29, 1.82) is 0 Å². The van der Waals surface area contributed by atoms with Crippen LogP contribution in [-0.2, 0) is 10.7 Å². The van der Waals surface area contributed by atoms with E-state index in [1.54, 1.807) is 12.1 Å². The molecule has 1 aromatic rings. The largest absolute Gasteiger partial charge is 0.298 e. The predicted octanol–water partition coefficient (Wildman–Crippen LogP) is 2.93. The van der Waals surface area contributed by atoms with Crippen molar-refractivity contribution in [3.63, 3.8) is 0 Å². The van der Waals surface area contributed by atoms with Crippen LogP contribution < -0.4 is 0 Å². The lowest BCUT2D eigenvalue weighted by Crippen LogP contribution is -2.44. The van der Waals surface area contributed by atoms with Crippen LogP contribution in [0.5, 0.6) is 0 Å². The fraction of sp³-hybridized carbons (Fsp3) is 0.500. The minimum absolute atomic E-state index is 0.307. The third-order valence-corrected chi connectivity index (χ3v) is 3.89. The van der Waals surface area contributed by atoms with Crippen LogP contribution in [0.4, 0.5) is 0 Å². The summed E-state index contributed by atoms with van der Waals surface area (Å²) in [6.45, 7) is 5.93. The van der Waals surface area contributed by atoms with Crippen LogP contribution in [0.25, 0.3) is 0 Å². The highest BCUT2D eigenvalue weighted by Crippen LogP contribution is 2.45. The second-order valence-corrected chi connectivity index (χ2v) is 5.62. The van der Waals surface area contributed by atoms with E-state index in [1.807, 2.05) is 32.9 Å². The number of aldehydes is 1. The van der Waals surface area contributed by atoms with Gasteiger partial charge in [0.25, 0.3) is 0 Å². The van der Waals surface area contributed by atoms with Gasteiger partial charge < -0.3 is 0 Å². The quantitative estimate of drug-likeness (QED) is 0.735. The van der Waals surface area contributed by atoms with Gasteiger partial charge in [-0.25, -0.2) is 0 Å². The fourth-order valence-electron chi connectivity index (χ4n) is 2.60. The van der Waals surface area contributed by atoms with Crippen molar-refractivity contribution < 1.29 is 10.0 Å². The molecule has 0 bridgehead atoms. The number of carbonyl (C=O) groups excluding carboxylic acids is 1. The number of carbonyl (C=O) groups is 1. The molecule has 3 nitrogen and oxygen atoms in total. The number of benzene rings is 1. The third kappa shape index (κ3) is 1.90. The number of hydrogen-bond donors (Lipinski definition) is 0. The van der Waals surface area contributed by atoms with Crippen molar-refractivity contribution in [2.75, 3.05) is 0 Å². The molecule has 3 heteroatoms. The molecular weight excluding hydrogens is 214 g/mol. The molecule has 1 saturated heterocycles. The van der Waals surface area contributed by atoms with Crippen LogP contribution >= 0.6 is 0 Å². The minimum Gasteiger partial charge on any atom is -0.298 e. The Balaban J connectivity index is 2.35. The molecule has 1 aliphatic rings. The van der Waals surface area contributed by atoms with Crippen molar-refractivity contribution in [2.45, 2.75) is 44.7 Å². The summed E-state index contributed by atoms with van der Waals surface area (Å²) in [5.41, 5.74) is 0.860. The average Bonchev–Trinajstić information content (AvgIpc) is 2.55. The summed E-state index contributed by atoms with van der Waals surface area (Å²) >= 11 is 0. The van der Waals surface area contributed by atoms with Crippen molar-refractivity contribution in [3.8, 4) is 0 Å². The standard InChI is InChI=1S/C14H18NO2/c1-13(2)8-9-14(3,15(13)17)12-6-4-11(10-16)5-7-12/h4-7,10H,8-9H2,1-3H3. The molecule has 0 spiro atoms.